The van der Waals surface area contributed by atoms with Crippen molar-refractivity contribution in [2.24, 2.45) is 5.92 Å². The number of pyridine rings is 1. The minimum absolute atomic E-state index is 0.0540. The molecule has 0 bridgehead atoms. The number of carbonyl (C=O) groups excluding carboxylic acids is 2. The molecule has 3 aliphatic rings. The summed E-state index contributed by atoms with van der Waals surface area (Å²) in [7, 11) is 1.64. The molecule has 2 amide bonds. The first-order valence-corrected chi connectivity index (χ1v) is 11.5. The zero-order chi connectivity index (χ0) is 22.9. The monoisotopic (exact) mass is 438 g/mol. The molecule has 3 N–H and O–H groups in total. The van der Waals surface area contributed by atoms with E-state index in [9.17, 15) is 9.59 Å². The van der Waals surface area contributed by atoms with Gasteiger partial charge in [-0.1, -0.05) is 6.92 Å². The highest BCUT2D eigenvalue weighted by Gasteiger charge is 2.33. The number of piperazine rings is 1. The number of rotatable bonds is 5. The van der Waals surface area contributed by atoms with E-state index in [-0.39, 0.29) is 23.3 Å². The molecule has 1 fully saturated rings. The molecule has 1 atom stereocenters. The van der Waals surface area contributed by atoms with Gasteiger partial charge in [0, 0.05) is 63.3 Å². The lowest BCUT2D eigenvalue weighted by molar-refractivity contribution is -0.120. The van der Waals surface area contributed by atoms with Gasteiger partial charge in [-0.3, -0.25) is 19.5 Å². The Balaban J connectivity index is 1.37. The third-order valence-electron chi connectivity index (χ3n) is 6.70. The summed E-state index contributed by atoms with van der Waals surface area (Å²) in [6.45, 7) is 10.7. The Bertz CT molecular complexity index is 959. The lowest BCUT2D eigenvalue weighted by atomic mass is 9.92. The van der Waals surface area contributed by atoms with Gasteiger partial charge in [0.25, 0.3) is 5.91 Å². The van der Waals surface area contributed by atoms with Crippen LogP contribution >= 0.6 is 0 Å². The van der Waals surface area contributed by atoms with Gasteiger partial charge in [0.15, 0.2) is 0 Å². The summed E-state index contributed by atoms with van der Waals surface area (Å²) in [5.41, 5.74) is 4.52. The number of nitrogens with one attached hydrogen (secondary N) is 3. The van der Waals surface area contributed by atoms with Crippen molar-refractivity contribution in [1.29, 1.82) is 0 Å². The van der Waals surface area contributed by atoms with E-state index < -0.39 is 0 Å². The molecule has 0 aromatic carbocycles. The molecule has 32 heavy (non-hydrogen) atoms. The molecular weight excluding hydrogens is 404 g/mol. The van der Waals surface area contributed by atoms with Crippen molar-refractivity contribution in [3.63, 3.8) is 0 Å². The molecule has 1 unspecified atom stereocenters. The fourth-order valence-corrected chi connectivity index (χ4v) is 4.77. The Labute approximate surface area is 190 Å². The normalized spacial score (nSPS) is 22.8. The summed E-state index contributed by atoms with van der Waals surface area (Å²) >= 11 is 0. The molecule has 1 aromatic heterocycles. The summed E-state index contributed by atoms with van der Waals surface area (Å²) < 4.78 is 0. The quantitative estimate of drug-likeness (QED) is 0.647. The van der Waals surface area contributed by atoms with Gasteiger partial charge in [0.05, 0.1) is 11.2 Å². The van der Waals surface area contributed by atoms with Crippen molar-refractivity contribution < 1.29 is 9.59 Å². The van der Waals surface area contributed by atoms with Crippen LogP contribution in [0.5, 0.6) is 0 Å². The molecule has 0 saturated carbocycles. The summed E-state index contributed by atoms with van der Waals surface area (Å²) in [5.74, 6) is 0.0758. The predicted octanol–water partition coefficient (Wildman–Crippen LogP) is 1.62. The van der Waals surface area contributed by atoms with Gasteiger partial charge in [-0.25, -0.2) is 0 Å². The summed E-state index contributed by atoms with van der Waals surface area (Å²) in [6.07, 6.45) is 7.48. The maximum atomic E-state index is 12.2. The molecule has 3 aliphatic heterocycles. The van der Waals surface area contributed by atoms with Crippen LogP contribution in [0.4, 0.5) is 5.69 Å². The minimum Gasteiger partial charge on any atom is -0.370 e. The molecule has 8 heteroatoms. The lowest BCUT2D eigenvalue weighted by Crippen LogP contribution is -2.54. The van der Waals surface area contributed by atoms with Crippen LogP contribution in [0, 0.1) is 5.92 Å². The van der Waals surface area contributed by atoms with Gasteiger partial charge in [0.1, 0.15) is 5.70 Å². The van der Waals surface area contributed by atoms with Gasteiger partial charge < -0.3 is 20.9 Å². The molecule has 4 rings (SSSR count). The van der Waals surface area contributed by atoms with Crippen molar-refractivity contribution >= 4 is 17.5 Å². The Morgan fingerprint density at radius 2 is 2.00 bits per heavy atom. The van der Waals surface area contributed by atoms with E-state index in [1.165, 1.54) is 5.70 Å². The maximum absolute atomic E-state index is 12.2. The number of amides is 2. The number of anilines is 1. The first kappa shape index (κ1) is 22.3. The smallest absolute Gasteiger partial charge is 0.267 e. The molecule has 0 aliphatic carbocycles. The number of fused-ring (bicyclic) bond motifs is 1. The van der Waals surface area contributed by atoms with E-state index in [0.717, 1.165) is 62.5 Å². The average Bonchev–Trinajstić information content (AvgIpc) is 2.78. The average molecular weight is 439 g/mol. The number of likely N-dealkylation sites (N-methyl/N-ethyl adjacent to an activating group) is 1. The zero-order valence-corrected chi connectivity index (χ0v) is 19.5. The Kier molecular flexibility index (Phi) is 6.24. The summed E-state index contributed by atoms with van der Waals surface area (Å²) in [5, 5.41) is 9.10. The molecule has 0 radical (unpaired) electrons. The molecule has 1 aromatic rings. The molecular formula is C24H34N6O2. The number of allylic oxidation sites excluding steroid dienone is 2. The Hall–Kier alpha value is -2.87. The number of hydrogen-bond donors (Lipinski definition) is 3. The summed E-state index contributed by atoms with van der Waals surface area (Å²) in [4.78, 5) is 33.7. The van der Waals surface area contributed by atoms with E-state index in [2.05, 4.69) is 50.7 Å². The first-order valence-electron chi connectivity index (χ1n) is 11.5. The van der Waals surface area contributed by atoms with Crippen molar-refractivity contribution in [2.75, 3.05) is 38.5 Å². The number of aromatic nitrogens is 1. The van der Waals surface area contributed by atoms with Crippen molar-refractivity contribution in [2.45, 2.75) is 45.7 Å². The van der Waals surface area contributed by atoms with Crippen LogP contribution in [0.1, 0.15) is 38.4 Å². The van der Waals surface area contributed by atoms with Gasteiger partial charge in [-0.05, 0) is 50.5 Å². The van der Waals surface area contributed by atoms with Gasteiger partial charge in [-0.15, -0.1) is 0 Å². The number of nitrogens with zero attached hydrogens (tertiary/aromatic N) is 3. The topological polar surface area (TPSA) is 89.6 Å². The first-order chi connectivity index (χ1) is 15.3. The lowest BCUT2D eigenvalue weighted by Gasteiger charge is -2.44. The van der Waals surface area contributed by atoms with Crippen LogP contribution in [-0.4, -0.2) is 65.4 Å². The third-order valence-corrected chi connectivity index (χ3v) is 6.70. The standard InChI is InChI=1S/C24H34N6O2/c1-5-16-12-17-14-26-18(13-20(17)27-22(16)31)15-29-8-10-30(11-9-29)21-7-6-19(23(32)25-4)28-24(21,2)3/h6-7,13-14,16,28H,5,8-12,15H2,1-4H3,(H,25,32)(H,27,31). The maximum Gasteiger partial charge on any atom is 0.267 e. The predicted molar refractivity (Wildman–Crippen MR) is 125 cm³/mol. The number of dihydropyridines is 1. The van der Waals surface area contributed by atoms with Gasteiger partial charge in [0.2, 0.25) is 5.91 Å². The number of hydrogen-bond acceptors (Lipinski definition) is 6. The van der Waals surface area contributed by atoms with Crippen LogP contribution in [-0.2, 0) is 22.6 Å². The summed E-state index contributed by atoms with van der Waals surface area (Å²) in [6, 6.07) is 2.04. The van der Waals surface area contributed by atoms with Crippen molar-refractivity contribution in [1.82, 2.24) is 25.4 Å². The molecule has 4 heterocycles. The van der Waals surface area contributed by atoms with Crippen molar-refractivity contribution in [3.05, 3.63) is 47.1 Å². The molecule has 0 spiro atoms. The SMILES string of the molecule is CCC1Cc2cnc(CN3CCN(C4=CC=C(C(=O)NC)NC4(C)C)CC3)cc2NC1=O. The molecule has 1 saturated heterocycles. The van der Waals surface area contributed by atoms with E-state index in [1.54, 1.807) is 7.05 Å². The fraction of sp³-hybridized carbons (Fsp3) is 0.542. The molecule has 172 valence electrons. The Morgan fingerprint density at radius 3 is 2.66 bits per heavy atom. The van der Waals surface area contributed by atoms with Crippen LogP contribution in [0.15, 0.2) is 35.8 Å². The Morgan fingerprint density at radius 1 is 1.25 bits per heavy atom. The van der Waals surface area contributed by atoms with E-state index >= 15 is 0 Å². The highest BCUT2D eigenvalue weighted by molar-refractivity contribution is 5.95. The van der Waals surface area contributed by atoms with E-state index in [0.29, 0.717) is 5.70 Å². The second kappa shape index (κ2) is 8.94. The van der Waals surface area contributed by atoms with Crippen LogP contribution in [0.3, 0.4) is 0 Å². The van der Waals surface area contributed by atoms with Crippen LogP contribution < -0.4 is 16.0 Å². The zero-order valence-electron chi connectivity index (χ0n) is 19.5. The van der Waals surface area contributed by atoms with Crippen molar-refractivity contribution in [3.8, 4) is 0 Å². The fourth-order valence-electron chi connectivity index (χ4n) is 4.77. The van der Waals surface area contributed by atoms with E-state index in [4.69, 9.17) is 0 Å². The van der Waals surface area contributed by atoms with E-state index in [1.807, 2.05) is 25.3 Å². The highest BCUT2D eigenvalue weighted by Crippen LogP contribution is 2.29. The second-order valence-electron chi connectivity index (χ2n) is 9.36. The van der Waals surface area contributed by atoms with Gasteiger partial charge in [-0.2, -0.15) is 0 Å². The second-order valence-corrected chi connectivity index (χ2v) is 9.36. The number of carbonyl (C=O) groups is 2. The minimum atomic E-state index is -0.312. The van der Waals surface area contributed by atoms with Crippen LogP contribution in [0.2, 0.25) is 0 Å². The third kappa shape index (κ3) is 4.50. The molecule has 8 nitrogen and oxygen atoms in total. The highest BCUT2D eigenvalue weighted by atomic mass is 16.2. The largest absolute Gasteiger partial charge is 0.370 e. The van der Waals surface area contributed by atoms with Gasteiger partial charge >= 0.3 is 0 Å². The van der Waals surface area contributed by atoms with Crippen LogP contribution in [0.25, 0.3) is 0 Å².